The lowest BCUT2D eigenvalue weighted by atomic mass is 10.1. The molecule has 1 fully saturated rings. The van der Waals surface area contributed by atoms with Crippen molar-refractivity contribution in [3.8, 4) is 0 Å². The minimum absolute atomic E-state index is 0. The van der Waals surface area contributed by atoms with E-state index in [-0.39, 0.29) is 24.7 Å². The van der Waals surface area contributed by atoms with E-state index in [1.807, 2.05) is 0 Å². The van der Waals surface area contributed by atoms with Crippen LogP contribution in [0.3, 0.4) is 0 Å². The van der Waals surface area contributed by atoms with Gasteiger partial charge in [-0.25, -0.2) is 4.39 Å². The lowest BCUT2D eigenvalue weighted by Gasteiger charge is -2.34. The average molecular weight is 345 g/mol. The Morgan fingerprint density at radius 1 is 1.13 bits per heavy atom. The SMILES string of the molecule is Cl.O=C(O)CCCCN1CCN(C(=O)c2cccc(F)c2)CC1. The van der Waals surface area contributed by atoms with Crippen molar-refractivity contribution < 1.29 is 19.1 Å². The molecule has 7 heteroatoms. The molecule has 128 valence electrons. The number of rotatable bonds is 6. The van der Waals surface area contributed by atoms with Crippen LogP contribution in [0.2, 0.25) is 0 Å². The maximum absolute atomic E-state index is 13.2. The van der Waals surface area contributed by atoms with E-state index in [2.05, 4.69) is 4.90 Å². The van der Waals surface area contributed by atoms with Crippen LogP contribution in [0, 0.1) is 5.82 Å². The maximum Gasteiger partial charge on any atom is 0.303 e. The van der Waals surface area contributed by atoms with Crippen LogP contribution in [0.5, 0.6) is 0 Å². The topological polar surface area (TPSA) is 60.9 Å². The van der Waals surface area contributed by atoms with E-state index in [4.69, 9.17) is 5.11 Å². The third-order valence-electron chi connectivity index (χ3n) is 3.85. The number of carboxylic acid groups (broad SMARTS) is 1. The van der Waals surface area contributed by atoms with Crippen LogP contribution in [0.4, 0.5) is 4.39 Å². The zero-order valence-corrected chi connectivity index (χ0v) is 13.7. The van der Waals surface area contributed by atoms with E-state index < -0.39 is 11.8 Å². The van der Waals surface area contributed by atoms with Crippen LogP contribution >= 0.6 is 12.4 Å². The molecule has 0 unspecified atom stereocenters. The molecule has 0 spiro atoms. The van der Waals surface area contributed by atoms with Gasteiger partial charge in [-0.05, 0) is 37.6 Å². The zero-order chi connectivity index (χ0) is 15.9. The van der Waals surface area contributed by atoms with Crippen LogP contribution in [-0.2, 0) is 4.79 Å². The summed E-state index contributed by atoms with van der Waals surface area (Å²) >= 11 is 0. The molecule has 1 aromatic rings. The van der Waals surface area contributed by atoms with E-state index >= 15 is 0 Å². The molecular weight excluding hydrogens is 323 g/mol. The third kappa shape index (κ3) is 6.15. The molecule has 0 atom stereocenters. The van der Waals surface area contributed by atoms with Gasteiger partial charge in [0.25, 0.3) is 5.91 Å². The summed E-state index contributed by atoms with van der Waals surface area (Å²) in [5.74, 6) is -1.29. The molecule has 1 aromatic carbocycles. The van der Waals surface area contributed by atoms with Crippen molar-refractivity contribution in [2.75, 3.05) is 32.7 Å². The Bertz CT molecular complexity index is 534. The van der Waals surface area contributed by atoms with Crippen molar-refractivity contribution in [3.05, 3.63) is 35.6 Å². The highest BCUT2D eigenvalue weighted by Crippen LogP contribution is 2.11. The fourth-order valence-corrected chi connectivity index (χ4v) is 2.59. The summed E-state index contributed by atoms with van der Waals surface area (Å²) in [7, 11) is 0. The molecule has 0 radical (unpaired) electrons. The lowest BCUT2D eigenvalue weighted by Crippen LogP contribution is -2.48. The summed E-state index contributed by atoms with van der Waals surface area (Å²) < 4.78 is 13.2. The van der Waals surface area contributed by atoms with Crippen LogP contribution in [0.1, 0.15) is 29.6 Å². The number of unbranched alkanes of at least 4 members (excludes halogenated alkanes) is 1. The van der Waals surface area contributed by atoms with Gasteiger partial charge < -0.3 is 10.0 Å². The molecule has 0 aliphatic carbocycles. The summed E-state index contributed by atoms with van der Waals surface area (Å²) in [6.07, 6.45) is 1.74. The molecule has 1 saturated heterocycles. The molecule has 1 heterocycles. The summed E-state index contributed by atoms with van der Waals surface area (Å²) in [5.41, 5.74) is 0.384. The first-order chi connectivity index (χ1) is 10.6. The second kappa shape index (κ2) is 9.47. The Morgan fingerprint density at radius 2 is 1.83 bits per heavy atom. The number of nitrogens with zero attached hydrogens (tertiary/aromatic N) is 2. The van der Waals surface area contributed by atoms with Gasteiger partial charge in [0.1, 0.15) is 5.82 Å². The quantitative estimate of drug-likeness (QED) is 0.804. The average Bonchev–Trinajstić information content (AvgIpc) is 2.51. The number of aliphatic carboxylic acids is 1. The second-order valence-corrected chi connectivity index (χ2v) is 5.50. The van der Waals surface area contributed by atoms with Crippen molar-refractivity contribution in [3.63, 3.8) is 0 Å². The highest BCUT2D eigenvalue weighted by atomic mass is 35.5. The van der Waals surface area contributed by atoms with E-state index in [9.17, 15) is 14.0 Å². The molecular formula is C16H22ClFN2O3. The molecule has 0 saturated carbocycles. The summed E-state index contributed by atoms with van der Waals surface area (Å²) in [6.45, 7) is 3.64. The van der Waals surface area contributed by atoms with Crippen molar-refractivity contribution in [1.82, 2.24) is 9.80 Å². The Morgan fingerprint density at radius 3 is 2.43 bits per heavy atom. The van der Waals surface area contributed by atoms with E-state index in [1.54, 1.807) is 17.0 Å². The monoisotopic (exact) mass is 344 g/mol. The fourth-order valence-electron chi connectivity index (χ4n) is 2.59. The largest absolute Gasteiger partial charge is 0.481 e. The van der Waals surface area contributed by atoms with E-state index in [0.29, 0.717) is 25.1 Å². The first kappa shape index (κ1) is 19.4. The van der Waals surface area contributed by atoms with Gasteiger partial charge in [0.05, 0.1) is 0 Å². The third-order valence-corrected chi connectivity index (χ3v) is 3.85. The molecule has 1 amide bonds. The predicted molar refractivity (Wildman–Crippen MR) is 87.5 cm³/mol. The predicted octanol–water partition coefficient (Wildman–Crippen LogP) is 2.26. The molecule has 0 aromatic heterocycles. The van der Waals surface area contributed by atoms with E-state index in [0.717, 1.165) is 26.1 Å². The second-order valence-electron chi connectivity index (χ2n) is 5.50. The maximum atomic E-state index is 13.2. The Labute approximate surface area is 141 Å². The van der Waals surface area contributed by atoms with Crippen molar-refractivity contribution >= 4 is 24.3 Å². The molecule has 1 aliphatic rings. The fraction of sp³-hybridized carbons (Fsp3) is 0.500. The Kier molecular flexibility index (Phi) is 7.98. The summed E-state index contributed by atoms with van der Waals surface area (Å²) in [6, 6.07) is 5.76. The van der Waals surface area contributed by atoms with Gasteiger partial charge in [-0.2, -0.15) is 0 Å². The van der Waals surface area contributed by atoms with Crippen molar-refractivity contribution in [1.29, 1.82) is 0 Å². The minimum atomic E-state index is -0.759. The number of amides is 1. The van der Waals surface area contributed by atoms with E-state index in [1.165, 1.54) is 12.1 Å². The lowest BCUT2D eigenvalue weighted by molar-refractivity contribution is -0.137. The molecule has 1 aliphatic heterocycles. The number of benzene rings is 1. The normalized spacial score (nSPS) is 15.1. The van der Waals surface area contributed by atoms with Gasteiger partial charge in [-0.15, -0.1) is 12.4 Å². The zero-order valence-electron chi connectivity index (χ0n) is 12.9. The van der Waals surface area contributed by atoms with Crippen molar-refractivity contribution in [2.45, 2.75) is 19.3 Å². The Balaban J connectivity index is 0.00000264. The van der Waals surface area contributed by atoms with Crippen LogP contribution < -0.4 is 0 Å². The van der Waals surface area contributed by atoms with Crippen LogP contribution in [-0.4, -0.2) is 59.5 Å². The number of carbonyl (C=O) groups excluding carboxylic acids is 1. The first-order valence-electron chi connectivity index (χ1n) is 7.55. The number of carboxylic acids is 1. The first-order valence-corrected chi connectivity index (χ1v) is 7.55. The Hall–Kier alpha value is -1.66. The number of halogens is 2. The molecule has 1 N–H and O–H groups in total. The smallest absolute Gasteiger partial charge is 0.303 e. The van der Waals surface area contributed by atoms with Gasteiger partial charge in [0.15, 0.2) is 0 Å². The number of hydrogen-bond acceptors (Lipinski definition) is 3. The molecule has 23 heavy (non-hydrogen) atoms. The molecule has 5 nitrogen and oxygen atoms in total. The van der Waals surface area contributed by atoms with Gasteiger partial charge in [-0.1, -0.05) is 6.07 Å². The molecule has 0 bridgehead atoms. The van der Waals surface area contributed by atoms with Crippen LogP contribution in [0.15, 0.2) is 24.3 Å². The summed E-state index contributed by atoms with van der Waals surface area (Å²) in [5, 5.41) is 8.59. The number of hydrogen-bond donors (Lipinski definition) is 1. The van der Waals surface area contributed by atoms with Gasteiger partial charge in [0.2, 0.25) is 0 Å². The number of piperazine rings is 1. The van der Waals surface area contributed by atoms with Crippen LogP contribution in [0.25, 0.3) is 0 Å². The summed E-state index contributed by atoms with van der Waals surface area (Å²) in [4.78, 5) is 26.7. The highest BCUT2D eigenvalue weighted by molar-refractivity contribution is 5.94. The molecule has 2 rings (SSSR count). The van der Waals surface area contributed by atoms with Crippen molar-refractivity contribution in [2.24, 2.45) is 0 Å². The van der Waals surface area contributed by atoms with Gasteiger partial charge in [0, 0.05) is 38.2 Å². The standard InChI is InChI=1S/C16H21FN2O3.ClH/c17-14-5-3-4-13(12-14)16(22)19-10-8-18(9-11-19)7-2-1-6-15(20)21;/h3-5,12H,1-2,6-11H2,(H,20,21);1H. The number of carbonyl (C=O) groups is 2. The highest BCUT2D eigenvalue weighted by Gasteiger charge is 2.22. The van der Waals surface area contributed by atoms with Gasteiger partial charge in [-0.3, -0.25) is 14.5 Å². The van der Waals surface area contributed by atoms with Gasteiger partial charge >= 0.3 is 5.97 Å². The minimum Gasteiger partial charge on any atom is -0.481 e.